The Morgan fingerprint density at radius 3 is 3.11 bits per heavy atom. The fraction of sp³-hybridized carbons (Fsp3) is 0.167. The maximum atomic E-state index is 5.56. The second kappa shape index (κ2) is 2.64. The lowest BCUT2D eigenvalue weighted by Crippen LogP contribution is -2.32. The molecular weight excluding hydrogens is 132 g/mol. The standard InChI is InChI=1S/C6H8N2S/c1-2-3-8-4-5-9-6(8)7/h2,4-5,7H,1,3H2/p+1. The van der Waals surface area contributed by atoms with Crippen LogP contribution in [0.2, 0.25) is 0 Å². The summed E-state index contributed by atoms with van der Waals surface area (Å²) in [6.07, 6.45) is 3.77. The molecule has 0 aliphatic rings. The van der Waals surface area contributed by atoms with Crippen LogP contribution in [0.4, 0.5) is 5.13 Å². The summed E-state index contributed by atoms with van der Waals surface area (Å²) in [6.45, 7) is 4.41. The Bertz CT molecular complexity index is 205. The van der Waals surface area contributed by atoms with Gasteiger partial charge < -0.3 is 0 Å². The van der Waals surface area contributed by atoms with Gasteiger partial charge in [0, 0.05) is 5.38 Å². The van der Waals surface area contributed by atoms with Crippen molar-refractivity contribution in [2.75, 3.05) is 5.73 Å². The van der Waals surface area contributed by atoms with Crippen LogP contribution in [0.3, 0.4) is 0 Å². The molecule has 0 aliphatic heterocycles. The minimum absolute atomic E-state index is 0.801. The number of nitrogens with two attached hydrogens (primary N) is 1. The Hall–Kier alpha value is -0.830. The van der Waals surface area contributed by atoms with Crippen LogP contribution in [0.5, 0.6) is 0 Å². The number of thiazole rings is 1. The number of rotatable bonds is 2. The fourth-order valence-electron chi connectivity index (χ4n) is 0.605. The van der Waals surface area contributed by atoms with Gasteiger partial charge in [-0.2, -0.15) is 0 Å². The van der Waals surface area contributed by atoms with E-state index in [-0.39, 0.29) is 0 Å². The minimum atomic E-state index is 0.801. The third-order valence-corrected chi connectivity index (χ3v) is 1.77. The van der Waals surface area contributed by atoms with E-state index < -0.39 is 0 Å². The van der Waals surface area contributed by atoms with Crippen LogP contribution in [-0.4, -0.2) is 0 Å². The number of nitrogen functional groups attached to an aromatic ring is 1. The van der Waals surface area contributed by atoms with Crippen LogP contribution in [0.1, 0.15) is 0 Å². The summed E-state index contributed by atoms with van der Waals surface area (Å²) in [4.78, 5) is 0. The summed E-state index contributed by atoms with van der Waals surface area (Å²) in [6, 6.07) is 0. The van der Waals surface area contributed by atoms with Gasteiger partial charge in [0.15, 0.2) is 0 Å². The molecule has 0 spiro atoms. The summed E-state index contributed by atoms with van der Waals surface area (Å²) < 4.78 is 1.94. The number of nitrogens with zero attached hydrogens (tertiary/aromatic N) is 1. The van der Waals surface area contributed by atoms with E-state index in [0.717, 1.165) is 11.7 Å². The quantitative estimate of drug-likeness (QED) is 0.479. The van der Waals surface area contributed by atoms with Crippen molar-refractivity contribution in [2.45, 2.75) is 6.54 Å². The highest BCUT2D eigenvalue weighted by molar-refractivity contribution is 7.12. The second-order valence-corrected chi connectivity index (χ2v) is 2.61. The molecule has 9 heavy (non-hydrogen) atoms. The maximum absolute atomic E-state index is 5.56. The average molecular weight is 141 g/mol. The molecule has 48 valence electrons. The third-order valence-electron chi connectivity index (χ3n) is 1.04. The van der Waals surface area contributed by atoms with E-state index in [4.69, 9.17) is 5.73 Å². The van der Waals surface area contributed by atoms with Crippen molar-refractivity contribution in [3.05, 3.63) is 24.2 Å². The van der Waals surface area contributed by atoms with Crippen LogP contribution in [-0.2, 0) is 6.54 Å². The Balaban J connectivity index is 2.80. The molecule has 1 heterocycles. The molecule has 0 fully saturated rings. The van der Waals surface area contributed by atoms with Gasteiger partial charge in [-0.3, -0.25) is 5.73 Å². The molecule has 3 heteroatoms. The Morgan fingerprint density at radius 2 is 2.67 bits per heavy atom. The zero-order valence-corrected chi connectivity index (χ0v) is 5.90. The Morgan fingerprint density at radius 1 is 1.89 bits per heavy atom. The number of hydrogen-bond donors (Lipinski definition) is 1. The lowest BCUT2D eigenvalue weighted by molar-refractivity contribution is -0.668. The van der Waals surface area contributed by atoms with E-state index in [1.54, 1.807) is 0 Å². The van der Waals surface area contributed by atoms with Crippen LogP contribution in [0.15, 0.2) is 24.2 Å². The van der Waals surface area contributed by atoms with Crippen molar-refractivity contribution >= 4 is 16.5 Å². The van der Waals surface area contributed by atoms with Gasteiger partial charge in [-0.1, -0.05) is 24.0 Å². The molecule has 0 bridgehead atoms. The molecule has 2 nitrogen and oxygen atoms in total. The summed E-state index contributed by atoms with van der Waals surface area (Å²) in [5.41, 5.74) is 5.56. The van der Waals surface area contributed by atoms with Crippen molar-refractivity contribution in [3.8, 4) is 0 Å². The Labute approximate surface area is 58.2 Å². The molecule has 0 saturated carbocycles. The normalized spacial score (nSPS) is 9.33. The molecule has 1 aromatic heterocycles. The highest BCUT2D eigenvalue weighted by Crippen LogP contribution is 2.01. The van der Waals surface area contributed by atoms with Crippen molar-refractivity contribution in [3.63, 3.8) is 0 Å². The summed E-state index contributed by atoms with van der Waals surface area (Å²) in [7, 11) is 0. The monoisotopic (exact) mass is 141 g/mol. The molecule has 0 amide bonds. The first-order chi connectivity index (χ1) is 4.34. The predicted octanol–water partition coefficient (Wildman–Crippen LogP) is 0.804. The smallest absolute Gasteiger partial charge is 0.278 e. The predicted molar refractivity (Wildman–Crippen MR) is 39.1 cm³/mol. The van der Waals surface area contributed by atoms with Gasteiger partial charge in [-0.15, -0.1) is 0 Å². The number of allylic oxidation sites excluding steroid dienone is 1. The van der Waals surface area contributed by atoms with Crippen molar-refractivity contribution < 1.29 is 4.57 Å². The topological polar surface area (TPSA) is 29.9 Å². The van der Waals surface area contributed by atoms with Gasteiger partial charge in [0.05, 0.1) is 0 Å². The van der Waals surface area contributed by atoms with Gasteiger partial charge in [0.25, 0.3) is 0 Å². The summed E-state index contributed by atoms with van der Waals surface area (Å²) in [5.74, 6) is 0. The lowest BCUT2D eigenvalue weighted by atomic mass is 10.6. The third kappa shape index (κ3) is 1.29. The highest BCUT2D eigenvalue weighted by atomic mass is 32.1. The molecule has 1 rings (SSSR count). The molecule has 0 aromatic carbocycles. The fourth-order valence-corrected chi connectivity index (χ4v) is 1.22. The largest absolute Gasteiger partial charge is 0.331 e. The van der Waals surface area contributed by atoms with Gasteiger partial charge >= 0.3 is 5.13 Å². The molecule has 0 unspecified atom stereocenters. The van der Waals surface area contributed by atoms with E-state index in [1.807, 2.05) is 22.2 Å². The van der Waals surface area contributed by atoms with Crippen LogP contribution >= 0.6 is 11.3 Å². The lowest BCUT2D eigenvalue weighted by Gasteiger charge is -1.87. The first-order valence-corrected chi connectivity index (χ1v) is 3.56. The van der Waals surface area contributed by atoms with Gasteiger partial charge in [0.2, 0.25) is 0 Å². The zero-order chi connectivity index (χ0) is 6.69. The SMILES string of the molecule is C=CC[n+]1ccsc1N. The first-order valence-electron chi connectivity index (χ1n) is 2.68. The number of hydrogen-bond acceptors (Lipinski definition) is 2. The van der Waals surface area contributed by atoms with Crippen molar-refractivity contribution in [2.24, 2.45) is 0 Å². The van der Waals surface area contributed by atoms with Gasteiger partial charge in [-0.05, 0) is 0 Å². The second-order valence-electron chi connectivity index (χ2n) is 1.68. The van der Waals surface area contributed by atoms with Crippen LogP contribution in [0.25, 0.3) is 0 Å². The van der Waals surface area contributed by atoms with Gasteiger partial charge in [0.1, 0.15) is 12.7 Å². The van der Waals surface area contributed by atoms with E-state index in [0.29, 0.717) is 0 Å². The Kier molecular flexibility index (Phi) is 1.85. The zero-order valence-electron chi connectivity index (χ0n) is 5.08. The van der Waals surface area contributed by atoms with Crippen LogP contribution < -0.4 is 10.3 Å². The van der Waals surface area contributed by atoms with Crippen LogP contribution in [0, 0.1) is 0 Å². The van der Waals surface area contributed by atoms with Crippen molar-refractivity contribution in [1.82, 2.24) is 0 Å². The highest BCUT2D eigenvalue weighted by Gasteiger charge is 2.00. The molecule has 0 aliphatic carbocycles. The molecule has 2 N–H and O–H groups in total. The maximum Gasteiger partial charge on any atom is 0.331 e. The number of aromatic nitrogens is 1. The molecule has 1 aromatic rings. The first kappa shape index (κ1) is 6.29. The minimum Gasteiger partial charge on any atom is -0.278 e. The summed E-state index contributed by atoms with van der Waals surface area (Å²) >= 11 is 1.54. The molecule has 0 radical (unpaired) electrons. The molecular formula is C6H9N2S+. The molecule has 0 atom stereocenters. The van der Waals surface area contributed by atoms with E-state index in [9.17, 15) is 0 Å². The van der Waals surface area contributed by atoms with Gasteiger partial charge in [-0.25, -0.2) is 4.57 Å². The van der Waals surface area contributed by atoms with E-state index >= 15 is 0 Å². The number of anilines is 1. The summed E-state index contributed by atoms with van der Waals surface area (Å²) in [5, 5.41) is 2.79. The van der Waals surface area contributed by atoms with E-state index in [1.165, 1.54) is 11.3 Å². The molecule has 0 saturated heterocycles. The van der Waals surface area contributed by atoms with Crippen molar-refractivity contribution in [1.29, 1.82) is 0 Å². The van der Waals surface area contributed by atoms with E-state index in [2.05, 4.69) is 6.58 Å². The average Bonchev–Trinajstić information content (AvgIpc) is 2.18.